The first kappa shape index (κ1) is 16.1. The fourth-order valence-electron chi connectivity index (χ4n) is 2.27. The minimum absolute atomic E-state index is 0.209. The standard InChI is InChI=1S/C19H22O3/c1-19(2,3)17(14-10-12-16(21-4)13-11-14)22-18(20)15-8-6-5-7-9-15/h5-13,17H,1-4H3. The van der Waals surface area contributed by atoms with E-state index in [9.17, 15) is 4.79 Å². The summed E-state index contributed by atoms with van der Waals surface area (Å²) in [4.78, 5) is 12.4. The zero-order valence-electron chi connectivity index (χ0n) is 13.5. The van der Waals surface area contributed by atoms with Crippen LogP contribution >= 0.6 is 0 Å². The molecular formula is C19H22O3. The summed E-state index contributed by atoms with van der Waals surface area (Å²) in [6.07, 6.45) is -0.328. The lowest BCUT2D eigenvalue weighted by Crippen LogP contribution is -2.24. The molecule has 0 aliphatic heterocycles. The molecule has 0 spiro atoms. The normalized spacial score (nSPS) is 12.5. The maximum absolute atomic E-state index is 12.4. The van der Waals surface area contributed by atoms with E-state index in [-0.39, 0.29) is 17.5 Å². The minimum atomic E-state index is -0.328. The summed E-state index contributed by atoms with van der Waals surface area (Å²) in [5.41, 5.74) is 1.31. The van der Waals surface area contributed by atoms with Crippen LogP contribution in [0.15, 0.2) is 54.6 Å². The largest absolute Gasteiger partial charge is 0.497 e. The van der Waals surface area contributed by atoms with Gasteiger partial charge in [0.1, 0.15) is 11.9 Å². The van der Waals surface area contributed by atoms with Crippen LogP contribution in [0.4, 0.5) is 0 Å². The molecule has 2 rings (SSSR count). The van der Waals surface area contributed by atoms with Gasteiger partial charge in [-0.25, -0.2) is 4.79 Å². The molecule has 0 fully saturated rings. The summed E-state index contributed by atoms with van der Waals surface area (Å²) in [5.74, 6) is 0.474. The van der Waals surface area contributed by atoms with Gasteiger partial charge in [-0.2, -0.15) is 0 Å². The molecule has 0 heterocycles. The second-order valence-electron chi connectivity index (χ2n) is 6.29. The number of rotatable bonds is 4. The van der Waals surface area contributed by atoms with Gasteiger partial charge in [-0.1, -0.05) is 51.1 Å². The topological polar surface area (TPSA) is 35.5 Å². The van der Waals surface area contributed by atoms with Gasteiger partial charge in [-0.15, -0.1) is 0 Å². The van der Waals surface area contributed by atoms with E-state index in [1.807, 2.05) is 42.5 Å². The number of carbonyl (C=O) groups is 1. The first-order chi connectivity index (χ1) is 10.4. The first-order valence-corrected chi connectivity index (χ1v) is 7.32. The second-order valence-corrected chi connectivity index (χ2v) is 6.29. The van der Waals surface area contributed by atoms with Gasteiger partial charge >= 0.3 is 5.97 Å². The highest BCUT2D eigenvalue weighted by atomic mass is 16.5. The highest BCUT2D eigenvalue weighted by Crippen LogP contribution is 2.37. The molecule has 22 heavy (non-hydrogen) atoms. The highest BCUT2D eigenvalue weighted by molar-refractivity contribution is 5.89. The van der Waals surface area contributed by atoms with Crippen LogP contribution < -0.4 is 4.74 Å². The van der Waals surface area contributed by atoms with Gasteiger partial charge < -0.3 is 9.47 Å². The zero-order valence-corrected chi connectivity index (χ0v) is 13.5. The molecule has 1 atom stereocenters. The van der Waals surface area contributed by atoms with Gasteiger partial charge in [0.25, 0.3) is 0 Å². The van der Waals surface area contributed by atoms with Crippen molar-refractivity contribution in [1.29, 1.82) is 0 Å². The minimum Gasteiger partial charge on any atom is -0.497 e. The summed E-state index contributed by atoms with van der Waals surface area (Å²) in [6, 6.07) is 16.7. The summed E-state index contributed by atoms with van der Waals surface area (Å²) in [5, 5.41) is 0. The summed E-state index contributed by atoms with van der Waals surface area (Å²) >= 11 is 0. The molecule has 116 valence electrons. The van der Waals surface area contributed by atoms with Gasteiger partial charge in [-0.3, -0.25) is 0 Å². The van der Waals surface area contributed by atoms with Crippen LogP contribution in [0.1, 0.15) is 42.8 Å². The monoisotopic (exact) mass is 298 g/mol. The van der Waals surface area contributed by atoms with Crippen LogP contribution in [0.5, 0.6) is 5.75 Å². The molecule has 0 amide bonds. The Bertz CT molecular complexity index is 609. The highest BCUT2D eigenvalue weighted by Gasteiger charge is 2.30. The maximum Gasteiger partial charge on any atom is 0.338 e. The van der Waals surface area contributed by atoms with Crippen molar-refractivity contribution >= 4 is 5.97 Å². The Labute approximate surface area is 131 Å². The number of esters is 1. The fraction of sp³-hybridized carbons (Fsp3) is 0.316. The number of hydrogen-bond acceptors (Lipinski definition) is 3. The van der Waals surface area contributed by atoms with E-state index in [2.05, 4.69) is 20.8 Å². The third-order valence-electron chi connectivity index (χ3n) is 3.44. The smallest absolute Gasteiger partial charge is 0.338 e. The van der Waals surface area contributed by atoms with E-state index in [0.29, 0.717) is 5.56 Å². The van der Waals surface area contributed by atoms with Gasteiger partial charge in [0, 0.05) is 5.41 Å². The van der Waals surface area contributed by atoms with E-state index in [4.69, 9.17) is 9.47 Å². The molecule has 0 aromatic heterocycles. The third kappa shape index (κ3) is 3.88. The number of carbonyl (C=O) groups excluding carboxylic acids is 1. The van der Waals surface area contributed by atoms with Gasteiger partial charge in [0.05, 0.1) is 12.7 Å². The molecular weight excluding hydrogens is 276 g/mol. The Morgan fingerprint density at radius 2 is 1.55 bits per heavy atom. The van der Waals surface area contributed by atoms with Crippen molar-refractivity contribution in [3.63, 3.8) is 0 Å². The molecule has 0 saturated carbocycles. The number of ether oxygens (including phenoxy) is 2. The van der Waals surface area contributed by atoms with Crippen molar-refractivity contribution in [1.82, 2.24) is 0 Å². The molecule has 0 saturated heterocycles. The van der Waals surface area contributed by atoms with Crippen LogP contribution in [0.2, 0.25) is 0 Å². The summed E-state index contributed by atoms with van der Waals surface area (Å²) in [6.45, 7) is 6.17. The van der Waals surface area contributed by atoms with E-state index >= 15 is 0 Å². The van der Waals surface area contributed by atoms with Crippen molar-refractivity contribution in [3.05, 3.63) is 65.7 Å². The Morgan fingerprint density at radius 3 is 2.05 bits per heavy atom. The average Bonchev–Trinajstić information content (AvgIpc) is 2.52. The summed E-state index contributed by atoms with van der Waals surface area (Å²) < 4.78 is 11.0. The van der Waals surface area contributed by atoms with Crippen molar-refractivity contribution in [3.8, 4) is 5.75 Å². The molecule has 0 radical (unpaired) electrons. The third-order valence-corrected chi connectivity index (χ3v) is 3.44. The Morgan fingerprint density at radius 1 is 0.955 bits per heavy atom. The number of benzene rings is 2. The molecule has 1 unspecified atom stereocenters. The molecule has 3 nitrogen and oxygen atoms in total. The van der Waals surface area contributed by atoms with Gasteiger partial charge in [-0.05, 0) is 29.8 Å². The molecule has 2 aromatic rings. The van der Waals surface area contributed by atoms with Gasteiger partial charge in [0.15, 0.2) is 0 Å². The van der Waals surface area contributed by atoms with E-state index in [1.165, 1.54) is 0 Å². The van der Waals surface area contributed by atoms with E-state index < -0.39 is 0 Å². The average molecular weight is 298 g/mol. The molecule has 0 aliphatic rings. The molecule has 0 bridgehead atoms. The van der Waals surface area contributed by atoms with Gasteiger partial charge in [0.2, 0.25) is 0 Å². The predicted molar refractivity (Wildman–Crippen MR) is 87.0 cm³/mol. The number of hydrogen-bond donors (Lipinski definition) is 0. The van der Waals surface area contributed by atoms with Crippen molar-refractivity contribution in [2.75, 3.05) is 7.11 Å². The Balaban J connectivity index is 2.25. The van der Waals surface area contributed by atoms with Crippen LogP contribution in [0, 0.1) is 5.41 Å². The lowest BCUT2D eigenvalue weighted by Gasteiger charge is -2.30. The van der Waals surface area contributed by atoms with E-state index in [1.54, 1.807) is 19.2 Å². The lowest BCUT2D eigenvalue weighted by molar-refractivity contribution is -0.00395. The SMILES string of the molecule is COc1ccc(C(OC(=O)c2ccccc2)C(C)(C)C)cc1. The van der Waals surface area contributed by atoms with Crippen molar-refractivity contribution < 1.29 is 14.3 Å². The summed E-state index contributed by atoms with van der Waals surface area (Å²) in [7, 11) is 1.63. The van der Waals surface area contributed by atoms with Crippen LogP contribution in [-0.4, -0.2) is 13.1 Å². The first-order valence-electron chi connectivity index (χ1n) is 7.32. The van der Waals surface area contributed by atoms with Crippen molar-refractivity contribution in [2.45, 2.75) is 26.9 Å². The van der Waals surface area contributed by atoms with Crippen LogP contribution in [0.3, 0.4) is 0 Å². The Kier molecular flexibility index (Phi) is 4.86. The fourth-order valence-corrected chi connectivity index (χ4v) is 2.27. The van der Waals surface area contributed by atoms with Crippen LogP contribution in [0.25, 0.3) is 0 Å². The maximum atomic E-state index is 12.4. The zero-order chi connectivity index (χ0) is 16.2. The quantitative estimate of drug-likeness (QED) is 0.771. The molecule has 0 N–H and O–H groups in total. The van der Waals surface area contributed by atoms with E-state index in [0.717, 1.165) is 11.3 Å². The lowest BCUT2D eigenvalue weighted by atomic mass is 9.84. The molecule has 3 heteroatoms. The molecule has 0 aliphatic carbocycles. The predicted octanol–water partition coefficient (Wildman–Crippen LogP) is 4.64. The molecule has 2 aromatic carbocycles. The number of methoxy groups -OCH3 is 1. The Hall–Kier alpha value is -2.29. The van der Waals surface area contributed by atoms with Crippen molar-refractivity contribution in [2.24, 2.45) is 5.41 Å². The van der Waals surface area contributed by atoms with Crippen LogP contribution in [-0.2, 0) is 4.74 Å². The second kappa shape index (κ2) is 6.65.